The van der Waals surface area contributed by atoms with Gasteiger partial charge in [-0.1, -0.05) is 30.9 Å². The fourth-order valence-corrected chi connectivity index (χ4v) is 2.64. The summed E-state index contributed by atoms with van der Waals surface area (Å²) in [6.07, 6.45) is 4.78. The first-order valence-electron chi connectivity index (χ1n) is 7.03. The van der Waals surface area contributed by atoms with E-state index in [-0.39, 0.29) is 28.1 Å². The number of halogens is 1. The molecule has 1 aromatic carbocycles. The molecule has 2 N–H and O–H groups in total. The highest BCUT2D eigenvalue weighted by Crippen LogP contribution is 2.25. The van der Waals surface area contributed by atoms with Crippen LogP contribution in [0, 0.1) is 16.0 Å². The van der Waals surface area contributed by atoms with Crippen molar-refractivity contribution >= 4 is 29.1 Å². The second kappa shape index (κ2) is 7.22. The van der Waals surface area contributed by atoms with Crippen LogP contribution in [0.25, 0.3) is 0 Å². The van der Waals surface area contributed by atoms with Crippen molar-refractivity contribution in [2.75, 3.05) is 0 Å². The zero-order chi connectivity index (χ0) is 16.1. The fraction of sp³-hybridized carbons (Fsp3) is 0.429. The maximum atomic E-state index is 11.9. The van der Waals surface area contributed by atoms with Crippen LogP contribution in [-0.4, -0.2) is 16.7 Å². The number of hydrazine groups is 1. The van der Waals surface area contributed by atoms with Crippen molar-refractivity contribution in [1.82, 2.24) is 10.9 Å². The van der Waals surface area contributed by atoms with E-state index in [9.17, 15) is 19.7 Å². The van der Waals surface area contributed by atoms with Crippen LogP contribution in [-0.2, 0) is 4.79 Å². The van der Waals surface area contributed by atoms with Gasteiger partial charge in [0.25, 0.3) is 11.6 Å². The summed E-state index contributed by atoms with van der Waals surface area (Å²) < 4.78 is 0. The molecule has 0 heterocycles. The van der Waals surface area contributed by atoms with E-state index < -0.39 is 10.8 Å². The Morgan fingerprint density at radius 1 is 1.18 bits per heavy atom. The van der Waals surface area contributed by atoms with E-state index >= 15 is 0 Å². The number of carbonyl (C=O) groups is 2. The largest absolute Gasteiger partial charge is 0.288 e. The topological polar surface area (TPSA) is 101 Å². The van der Waals surface area contributed by atoms with Crippen molar-refractivity contribution in [3.63, 3.8) is 0 Å². The first-order chi connectivity index (χ1) is 10.5. The number of nitrogens with zero attached hydrogens (tertiary/aromatic N) is 1. The Morgan fingerprint density at radius 3 is 2.50 bits per heavy atom. The molecule has 1 saturated carbocycles. The van der Waals surface area contributed by atoms with Gasteiger partial charge in [0.2, 0.25) is 5.91 Å². The summed E-state index contributed by atoms with van der Waals surface area (Å²) in [6.45, 7) is 0. The van der Waals surface area contributed by atoms with E-state index in [1.807, 2.05) is 0 Å². The highest BCUT2D eigenvalue weighted by Gasteiger charge is 2.22. The lowest BCUT2D eigenvalue weighted by Gasteiger charge is -2.20. The monoisotopic (exact) mass is 325 g/mol. The van der Waals surface area contributed by atoms with Crippen LogP contribution >= 0.6 is 11.6 Å². The zero-order valence-electron chi connectivity index (χ0n) is 11.8. The second-order valence-electron chi connectivity index (χ2n) is 5.20. The van der Waals surface area contributed by atoms with Crippen molar-refractivity contribution in [2.45, 2.75) is 32.1 Å². The number of hydrogen-bond acceptors (Lipinski definition) is 4. The molecule has 0 aromatic heterocycles. The van der Waals surface area contributed by atoms with Crippen molar-refractivity contribution in [1.29, 1.82) is 0 Å². The molecule has 1 aromatic rings. The summed E-state index contributed by atoms with van der Waals surface area (Å²) in [6, 6.07) is 3.71. The summed E-state index contributed by atoms with van der Waals surface area (Å²) in [7, 11) is 0. The van der Waals surface area contributed by atoms with Crippen molar-refractivity contribution in [3.05, 3.63) is 38.9 Å². The zero-order valence-corrected chi connectivity index (χ0v) is 12.6. The van der Waals surface area contributed by atoms with Crippen molar-refractivity contribution < 1.29 is 14.5 Å². The number of amides is 2. The number of hydrogen-bond donors (Lipinski definition) is 2. The Morgan fingerprint density at radius 2 is 1.86 bits per heavy atom. The third-order valence-corrected chi connectivity index (χ3v) is 4.00. The Kier molecular flexibility index (Phi) is 5.32. The van der Waals surface area contributed by atoms with Crippen LogP contribution < -0.4 is 10.9 Å². The number of nitrogens with one attached hydrogen (secondary N) is 2. The van der Waals surface area contributed by atoms with Gasteiger partial charge in [-0.25, -0.2) is 0 Å². The molecule has 118 valence electrons. The number of carbonyl (C=O) groups excluding carboxylic acids is 2. The molecule has 0 radical (unpaired) electrons. The predicted molar refractivity (Wildman–Crippen MR) is 80.3 cm³/mol. The molecule has 0 aliphatic heterocycles. The average Bonchev–Trinajstić information content (AvgIpc) is 2.53. The van der Waals surface area contributed by atoms with Gasteiger partial charge in [0, 0.05) is 17.5 Å². The summed E-state index contributed by atoms with van der Waals surface area (Å²) in [5.74, 6) is -0.936. The normalized spacial score (nSPS) is 15.1. The molecule has 0 bridgehead atoms. The van der Waals surface area contributed by atoms with Gasteiger partial charge in [0.15, 0.2) is 0 Å². The van der Waals surface area contributed by atoms with Crippen LogP contribution in [0.3, 0.4) is 0 Å². The lowest BCUT2D eigenvalue weighted by atomic mass is 9.89. The number of benzene rings is 1. The summed E-state index contributed by atoms with van der Waals surface area (Å²) in [4.78, 5) is 34.0. The van der Waals surface area contributed by atoms with Gasteiger partial charge in [-0.15, -0.1) is 0 Å². The van der Waals surface area contributed by atoms with Crippen molar-refractivity contribution in [2.24, 2.45) is 5.92 Å². The van der Waals surface area contributed by atoms with E-state index in [4.69, 9.17) is 11.6 Å². The van der Waals surface area contributed by atoms with Crippen LogP contribution in [0.15, 0.2) is 18.2 Å². The van der Waals surface area contributed by atoms with E-state index in [1.54, 1.807) is 0 Å². The van der Waals surface area contributed by atoms with E-state index in [2.05, 4.69) is 10.9 Å². The molecule has 2 rings (SSSR count). The molecule has 8 heteroatoms. The molecule has 22 heavy (non-hydrogen) atoms. The minimum absolute atomic E-state index is 0.0483. The highest BCUT2D eigenvalue weighted by atomic mass is 35.5. The molecule has 1 aliphatic carbocycles. The molecule has 1 fully saturated rings. The number of nitro benzene ring substituents is 1. The highest BCUT2D eigenvalue weighted by molar-refractivity contribution is 6.32. The van der Waals surface area contributed by atoms with Gasteiger partial charge in [0.1, 0.15) is 5.02 Å². The Bertz CT molecular complexity index is 600. The quantitative estimate of drug-likeness (QED) is 0.658. The van der Waals surface area contributed by atoms with Crippen molar-refractivity contribution in [3.8, 4) is 0 Å². The van der Waals surface area contributed by atoms with Crippen LogP contribution in [0.1, 0.15) is 42.5 Å². The lowest BCUT2D eigenvalue weighted by molar-refractivity contribution is -0.384. The van der Waals surface area contributed by atoms with Gasteiger partial charge in [-0.3, -0.25) is 30.6 Å². The molecule has 7 nitrogen and oxygen atoms in total. The SMILES string of the molecule is O=C(NNC(=O)C1CCCCC1)c1ccc(Cl)c([N+](=O)[O-])c1. The molecular formula is C14H16ClN3O4. The third kappa shape index (κ3) is 3.94. The van der Waals surface area contributed by atoms with Gasteiger partial charge in [-0.05, 0) is 25.0 Å². The van der Waals surface area contributed by atoms with Crippen LogP contribution in [0.5, 0.6) is 0 Å². The molecular weight excluding hydrogens is 310 g/mol. The molecule has 2 amide bonds. The summed E-state index contributed by atoms with van der Waals surface area (Å²) in [5, 5.41) is 10.7. The van der Waals surface area contributed by atoms with Crippen LogP contribution in [0.4, 0.5) is 5.69 Å². The molecule has 0 unspecified atom stereocenters. The average molecular weight is 326 g/mol. The Labute approximate surface area is 132 Å². The fourth-order valence-electron chi connectivity index (χ4n) is 2.45. The first-order valence-corrected chi connectivity index (χ1v) is 7.41. The minimum atomic E-state index is -0.667. The van der Waals surface area contributed by atoms with Gasteiger partial charge in [0.05, 0.1) is 4.92 Å². The van der Waals surface area contributed by atoms with E-state index in [0.29, 0.717) is 0 Å². The first kappa shape index (κ1) is 16.2. The number of nitro groups is 1. The third-order valence-electron chi connectivity index (χ3n) is 3.68. The Hall–Kier alpha value is -2.15. The van der Waals surface area contributed by atoms with Gasteiger partial charge >= 0.3 is 0 Å². The molecule has 0 spiro atoms. The second-order valence-corrected chi connectivity index (χ2v) is 5.61. The summed E-state index contributed by atoms with van der Waals surface area (Å²) >= 11 is 5.68. The van der Waals surface area contributed by atoms with Gasteiger partial charge in [-0.2, -0.15) is 0 Å². The van der Waals surface area contributed by atoms with E-state index in [0.717, 1.165) is 38.2 Å². The molecule has 0 atom stereocenters. The predicted octanol–water partition coefficient (Wildman–Crippen LogP) is 2.59. The van der Waals surface area contributed by atoms with E-state index in [1.165, 1.54) is 12.1 Å². The lowest BCUT2D eigenvalue weighted by Crippen LogP contribution is -2.44. The maximum absolute atomic E-state index is 11.9. The molecule has 0 saturated heterocycles. The van der Waals surface area contributed by atoms with Crippen LogP contribution in [0.2, 0.25) is 5.02 Å². The molecule has 1 aliphatic rings. The maximum Gasteiger partial charge on any atom is 0.288 e. The number of rotatable bonds is 3. The Balaban J connectivity index is 1.96. The standard InChI is InChI=1S/C14H16ClN3O4/c15-11-7-6-10(8-12(11)18(21)22)14(20)17-16-13(19)9-4-2-1-3-5-9/h6-9H,1-5H2,(H,16,19)(H,17,20). The minimum Gasteiger partial charge on any atom is -0.273 e. The smallest absolute Gasteiger partial charge is 0.273 e. The van der Waals surface area contributed by atoms with Gasteiger partial charge < -0.3 is 0 Å². The summed E-state index contributed by atoms with van der Waals surface area (Å²) in [5.41, 5.74) is 4.35.